The number of rotatable bonds is 6. The Morgan fingerprint density at radius 1 is 1.28 bits per heavy atom. The van der Waals surface area contributed by atoms with Gasteiger partial charge in [0.2, 0.25) is 5.13 Å². The number of benzene rings is 1. The highest BCUT2D eigenvalue weighted by Crippen LogP contribution is 2.25. The first kappa shape index (κ1) is 17.1. The summed E-state index contributed by atoms with van der Waals surface area (Å²) < 4.78 is 10.7. The van der Waals surface area contributed by atoms with Crippen molar-refractivity contribution in [2.45, 2.75) is 26.7 Å². The maximum Gasteiger partial charge on any atom is 0.279 e. The van der Waals surface area contributed by atoms with Crippen LogP contribution in [0.25, 0.3) is 11.3 Å². The molecule has 1 aromatic carbocycles. The molecule has 0 fully saturated rings. The van der Waals surface area contributed by atoms with Gasteiger partial charge in [-0.05, 0) is 31.2 Å². The van der Waals surface area contributed by atoms with Crippen molar-refractivity contribution in [3.05, 3.63) is 41.0 Å². The number of ether oxygens (including phenoxy) is 1. The third-order valence-corrected chi connectivity index (χ3v) is 4.49. The number of hydrogen-bond acceptors (Lipinski definition) is 7. The molecule has 0 atom stereocenters. The topological polar surface area (TPSA) is 90.1 Å². The summed E-state index contributed by atoms with van der Waals surface area (Å²) >= 11 is 1.35. The molecule has 25 heavy (non-hydrogen) atoms. The molecule has 3 aromatic rings. The summed E-state index contributed by atoms with van der Waals surface area (Å²) in [7, 11) is 0. The normalized spacial score (nSPS) is 10.9. The van der Waals surface area contributed by atoms with E-state index in [-0.39, 0.29) is 17.5 Å². The summed E-state index contributed by atoms with van der Waals surface area (Å²) in [5.74, 6) is 1.17. The number of nitrogens with zero attached hydrogens (tertiary/aromatic N) is 3. The SMILES string of the molecule is CCOc1ccc(-c2cc(C(=O)Nc3nnc(C(C)C)s3)no2)cc1. The van der Waals surface area contributed by atoms with Crippen LogP contribution in [0.5, 0.6) is 5.75 Å². The Kier molecular flexibility index (Phi) is 5.08. The molecule has 0 aliphatic heterocycles. The maximum atomic E-state index is 12.3. The number of hydrogen-bond donors (Lipinski definition) is 1. The summed E-state index contributed by atoms with van der Waals surface area (Å²) in [4.78, 5) is 12.3. The molecule has 0 unspecified atom stereocenters. The molecule has 8 heteroatoms. The first-order valence-electron chi connectivity index (χ1n) is 7.91. The van der Waals surface area contributed by atoms with E-state index in [4.69, 9.17) is 9.26 Å². The molecule has 0 spiro atoms. The van der Waals surface area contributed by atoms with E-state index in [0.29, 0.717) is 17.5 Å². The maximum absolute atomic E-state index is 12.3. The summed E-state index contributed by atoms with van der Waals surface area (Å²) in [6.45, 7) is 6.58. The minimum Gasteiger partial charge on any atom is -0.494 e. The van der Waals surface area contributed by atoms with Crippen LogP contribution in [0.2, 0.25) is 0 Å². The van der Waals surface area contributed by atoms with Gasteiger partial charge < -0.3 is 9.26 Å². The fourth-order valence-electron chi connectivity index (χ4n) is 2.08. The van der Waals surface area contributed by atoms with E-state index in [1.807, 2.05) is 45.0 Å². The van der Waals surface area contributed by atoms with Crippen LogP contribution < -0.4 is 10.1 Å². The van der Waals surface area contributed by atoms with E-state index in [0.717, 1.165) is 16.3 Å². The van der Waals surface area contributed by atoms with Crippen molar-refractivity contribution in [3.63, 3.8) is 0 Å². The molecule has 1 amide bonds. The summed E-state index contributed by atoms with van der Waals surface area (Å²) in [6.07, 6.45) is 0. The molecular formula is C17H18N4O3S. The lowest BCUT2D eigenvalue weighted by atomic mass is 10.1. The van der Waals surface area contributed by atoms with Crippen molar-refractivity contribution in [1.82, 2.24) is 15.4 Å². The number of nitrogens with one attached hydrogen (secondary N) is 1. The fraction of sp³-hybridized carbons (Fsp3) is 0.294. The highest BCUT2D eigenvalue weighted by atomic mass is 32.1. The van der Waals surface area contributed by atoms with Crippen molar-refractivity contribution in [3.8, 4) is 17.1 Å². The fourth-order valence-corrected chi connectivity index (χ4v) is 2.82. The number of anilines is 1. The third kappa shape index (κ3) is 4.03. The van der Waals surface area contributed by atoms with Crippen LogP contribution in [0.15, 0.2) is 34.9 Å². The van der Waals surface area contributed by atoms with E-state index >= 15 is 0 Å². The van der Waals surface area contributed by atoms with E-state index < -0.39 is 0 Å². The lowest BCUT2D eigenvalue weighted by molar-refractivity contribution is 0.101. The van der Waals surface area contributed by atoms with Gasteiger partial charge >= 0.3 is 0 Å². The van der Waals surface area contributed by atoms with Gasteiger partial charge in [0, 0.05) is 17.5 Å². The smallest absolute Gasteiger partial charge is 0.279 e. The van der Waals surface area contributed by atoms with Crippen LogP contribution in [-0.4, -0.2) is 27.9 Å². The number of amides is 1. The number of carbonyl (C=O) groups excluding carboxylic acids is 1. The van der Waals surface area contributed by atoms with Gasteiger partial charge in [-0.15, -0.1) is 10.2 Å². The van der Waals surface area contributed by atoms with Gasteiger partial charge in [0.05, 0.1) is 6.61 Å². The highest BCUT2D eigenvalue weighted by molar-refractivity contribution is 7.15. The van der Waals surface area contributed by atoms with E-state index in [9.17, 15) is 4.79 Å². The zero-order valence-electron chi connectivity index (χ0n) is 14.1. The van der Waals surface area contributed by atoms with E-state index in [1.54, 1.807) is 6.07 Å². The second kappa shape index (κ2) is 7.43. The molecule has 1 N–H and O–H groups in total. The van der Waals surface area contributed by atoms with Gasteiger partial charge in [-0.2, -0.15) is 0 Å². The molecule has 0 saturated carbocycles. The Morgan fingerprint density at radius 3 is 2.68 bits per heavy atom. The Labute approximate surface area is 149 Å². The third-order valence-electron chi connectivity index (χ3n) is 3.35. The second-order valence-corrected chi connectivity index (χ2v) is 6.60. The van der Waals surface area contributed by atoms with Crippen LogP contribution in [-0.2, 0) is 0 Å². The van der Waals surface area contributed by atoms with Crippen molar-refractivity contribution >= 4 is 22.4 Å². The van der Waals surface area contributed by atoms with Crippen molar-refractivity contribution < 1.29 is 14.1 Å². The molecule has 2 aromatic heterocycles. The van der Waals surface area contributed by atoms with Crippen LogP contribution in [0, 0.1) is 0 Å². The van der Waals surface area contributed by atoms with Crippen molar-refractivity contribution in [2.75, 3.05) is 11.9 Å². The molecule has 0 aliphatic rings. The van der Waals surface area contributed by atoms with E-state index in [1.165, 1.54) is 11.3 Å². The van der Waals surface area contributed by atoms with Crippen LogP contribution >= 0.6 is 11.3 Å². The minimum atomic E-state index is -0.382. The average Bonchev–Trinajstić information content (AvgIpc) is 3.25. The van der Waals surface area contributed by atoms with Crippen molar-refractivity contribution in [1.29, 1.82) is 0 Å². The molecule has 0 bridgehead atoms. The zero-order valence-corrected chi connectivity index (χ0v) is 15.0. The molecule has 3 rings (SSSR count). The largest absolute Gasteiger partial charge is 0.494 e. The molecule has 130 valence electrons. The molecular weight excluding hydrogens is 340 g/mol. The Morgan fingerprint density at radius 2 is 2.04 bits per heavy atom. The molecule has 2 heterocycles. The standard InChI is InChI=1S/C17H18N4O3S/c1-4-23-12-7-5-11(6-8-12)14-9-13(21-24-14)15(22)18-17-20-19-16(25-17)10(2)3/h5-10H,4H2,1-3H3,(H,18,20,22). The lowest BCUT2D eigenvalue weighted by Gasteiger charge is -2.02. The second-order valence-electron chi connectivity index (χ2n) is 5.59. The van der Waals surface area contributed by atoms with E-state index in [2.05, 4.69) is 20.7 Å². The summed E-state index contributed by atoms with van der Waals surface area (Å²) in [6, 6.07) is 8.99. The molecule has 0 radical (unpaired) electrons. The highest BCUT2D eigenvalue weighted by Gasteiger charge is 2.16. The van der Waals surface area contributed by atoms with Crippen molar-refractivity contribution in [2.24, 2.45) is 0 Å². The van der Waals surface area contributed by atoms with Gasteiger partial charge in [-0.1, -0.05) is 30.3 Å². The van der Waals surface area contributed by atoms with Crippen LogP contribution in [0.3, 0.4) is 0 Å². The molecule has 0 saturated heterocycles. The van der Waals surface area contributed by atoms with Gasteiger partial charge in [0.15, 0.2) is 11.5 Å². The Bertz CT molecular complexity index is 855. The van der Waals surface area contributed by atoms with Crippen LogP contribution in [0.1, 0.15) is 42.2 Å². The molecule has 7 nitrogen and oxygen atoms in total. The quantitative estimate of drug-likeness (QED) is 0.717. The number of aromatic nitrogens is 3. The average molecular weight is 358 g/mol. The minimum absolute atomic E-state index is 0.185. The van der Waals surface area contributed by atoms with Gasteiger partial charge in [0.25, 0.3) is 5.91 Å². The summed E-state index contributed by atoms with van der Waals surface area (Å²) in [5, 5.41) is 15.8. The monoisotopic (exact) mass is 358 g/mol. The first-order chi connectivity index (χ1) is 12.1. The zero-order chi connectivity index (χ0) is 17.8. The van der Waals surface area contributed by atoms with Gasteiger partial charge in [-0.3, -0.25) is 10.1 Å². The Balaban J connectivity index is 1.70. The van der Waals surface area contributed by atoms with Gasteiger partial charge in [0.1, 0.15) is 10.8 Å². The van der Waals surface area contributed by atoms with Gasteiger partial charge in [-0.25, -0.2) is 0 Å². The predicted molar refractivity (Wildman–Crippen MR) is 95.1 cm³/mol. The molecule has 0 aliphatic carbocycles. The lowest BCUT2D eigenvalue weighted by Crippen LogP contribution is -2.11. The predicted octanol–water partition coefficient (Wildman–Crippen LogP) is 3.97. The Hall–Kier alpha value is -2.74. The van der Waals surface area contributed by atoms with Crippen LogP contribution in [0.4, 0.5) is 5.13 Å². The number of carbonyl (C=O) groups is 1. The first-order valence-corrected chi connectivity index (χ1v) is 8.73. The summed E-state index contributed by atoms with van der Waals surface area (Å²) in [5.41, 5.74) is 0.998.